The number of nitrogens with zero attached hydrogens (tertiary/aromatic N) is 6. The molecule has 0 radical (unpaired) electrons. The largest absolute Gasteiger partial charge is 0.545 e. The molecule has 3 fully saturated rings. The average Bonchev–Trinajstić information content (AvgIpc) is 1.45. The summed E-state index contributed by atoms with van der Waals surface area (Å²) in [6, 6.07) is 113. The van der Waals surface area contributed by atoms with Crippen LogP contribution in [-0.4, -0.2) is 159 Å². The fourth-order valence-corrected chi connectivity index (χ4v) is 63.1. The van der Waals surface area contributed by atoms with Gasteiger partial charge < -0.3 is 26.4 Å². The van der Waals surface area contributed by atoms with Gasteiger partial charge in [0.15, 0.2) is 0 Å². The monoisotopic (exact) mass is 2100 g/mol. The van der Waals surface area contributed by atoms with Crippen LogP contribution in [0.15, 0.2) is 291 Å². The summed E-state index contributed by atoms with van der Waals surface area (Å²) >= 11 is 0. The molecule has 0 aliphatic carbocycles. The van der Waals surface area contributed by atoms with Crippen LogP contribution in [0.1, 0.15) is 291 Å². The van der Waals surface area contributed by atoms with E-state index in [1.54, 1.807) is 32.7 Å². The maximum atomic E-state index is 3.11. The Labute approximate surface area is 914 Å². The third-order valence-corrected chi connectivity index (χ3v) is 56.9. The van der Waals surface area contributed by atoms with Crippen molar-refractivity contribution in [1.29, 1.82) is 0 Å². The van der Waals surface area contributed by atoms with E-state index in [4.69, 9.17) is 0 Å². The van der Waals surface area contributed by atoms with Crippen molar-refractivity contribution in [2.24, 2.45) is 0 Å². The second-order valence-corrected chi connectivity index (χ2v) is 81.5. The van der Waals surface area contributed by atoms with Crippen LogP contribution in [0.2, 0.25) is 0 Å². The molecule has 3 saturated heterocycles. The maximum absolute atomic E-state index is 3.11. The van der Waals surface area contributed by atoms with Gasteiger partial charge in [-0.1, -0.05) is 606 Å². The quantitative estimate of drug-likeness (QED) is 0.117. The van der Waals surface area contributed by atoms with Crippen molar-refractivity contribution in [2.75, 3.05) is 0 Å². The molecule has 0 bridgehead atoms. The zero-order valence-electron chi connectivity index (χ0n) is 99.5. The Morgan fingerprint density at radius 3 is 0.260 bits per heavy atom. The van der Waals surface area contributed by atoms with E-state index in [1.807, 2.05) is 0 Å². The Morgan fingerprint density at radius 1 is 0.127 bits per heavy atom. The first kappa shape index (κ1) is 110. The molecule has 12 aromatic rings. The zero-order chi connectivity index (χ0) is 109. The lowest BCUT2D eigenvalue weighted by Crippen LogP contribution is -3.00. The van der Waals surface area contributed by atoms with Gasteiger partial charge in [0, 0.05) is 41.5 Å². The van der Waals surface area contributed by atoms with Gasteiger partial charge in [-0.2, -0.15) is 0 Å². The molecule has 12 aromatic carbocycles. The van der Waals surface area contributed by atoms with Crippen molar-refractivity contribution in [3.05, 3.63) is 291 Å². The van der Waals surface area contributed by atoms with Crippen LogP contribution in [0.4, 0.5) is 0 Å². The van der Waals surface area contributed by atoms with Gasteiger partial charge in [-0.3, -0.25) is 0 Å². The summed E-state index contributed by atoms with van der Waals surface area (Å²) in [5, 5.41) is 1.38. The average molecular weight is 2100 g/mol. The molecule has 780 valence electrons. The van der Waals surface area contributed by atoms with Gasteiger partial charge in [-0.25, -0.2) is 0 Å². The van der Waals surface area contributed by atoms with Gasteiger partial charge >= 0.3 is 38.5 Å². The Kier molecular flexibility index (Phi) is 26.8. The van der Waals surface area contributed by atoms with E-state index in [9.17, 15) is 0 Å². The van der Waals surface area contributed by atoms with Gasteiger partial charge in [0.1, 0.15) is 0 Å². The normalized spacial score (nSPS) is 17.2. The Balaban J connectivity index is 0.000000141. The Bertz CT molecular complexity index is 6160. The van der Waals surface area contributed by atoms with E-state index in [0.717, 1.165) is 0 Å². The maximum Gasteiger partial charge on any atom is 0.507 e. The predicted octanol–water partition coefficient (Wildman–Crippen LogP) is 28.5. The molecule has 9 heterocycles. The highest BCUT2D eigenvalue weighted by molar-refractivity contribution is 7.80. The van der Waals surface area contributed by atoms with E-state index in [-0.39, 0.29) is 61.9 Å². The smallest absolute Gasteiger partial charge is 0.507 e. The van der Waals surface area contributed by atoms with Crippen LogP contribution in [-0.2, 0) is 0 Å². The molecule has 9 aliphatic rings. The molecule has 9 aliphatic heterocycles. The van der Waals surface area contributed by atoms with Crippen LogP contribution in [0.25, 0.3) is 66.8 Å². The second kappa shape index (κ2) is 36.6. The molecule has 0 unspecified atom stereocenters. The van der Waals surface area contributed by atoms with Crippen molar-refractivity contribution in [3.8, 4) is 66.8 Å². The summed E-state index contributed by atoms with van der Waals surface area (Å²) in [6.45, 7) is 105. The lowest BCUT2D eigenvalue weighted by Gasteiger charge is -2.66. The van der Waals surface area contributed by atoms with Gasteiger partial charge in [0.25, 0.3) is 0 Å². The number of benzene rings is 12. The SMILES string of the molecule is CC(=[N+]1[B-]2(c3ccccc3-c3ccccc32)[N+](=C(C)P(C(C)(C)C)C(C)(C)C)[B-]12c1ccccc1-c1ccccc12)P(C(C)(C)C)C(C)(C)C.CC(=[N+]1[B-]2(c3ccccc3-c3ccccc32)[N+](=C(C)P(C(C)(C)C)C(C)(C)C)[B-]12c1ccccc1-c1ccccc12)P(C(C)(C)C)C(C)(C)C.CC(=[N+]1[B-]2(c3ccccc3-c3ccccc32)[N+](=C(C)P(C(C)(C)C)C(C)(C)C)[B-]12c1ccccc1-c1ccccc12)P(C(C)(C)C)C(C)(C)C. The molecule has 150 heavy (non-hydrogen) atoms. The highest BCUT2D eigenvalue weighted by Crippen LogP contribution is 2.70. The molecule has 21 rings (SSSR count). The van der Waals surface area contributed by atoms with Crippen LogP contribution in [0, 0.1) is 0 Å². The number of rotatable bonds is 6. The summed E-state index contributed by atoms with van der Waals surface area (Å²) in [4.78, 5) is 0. The van der Waals surface area contributed by atoms with Crippen LogP contribution in [0.5, 0.6) is 0 Å². The minimum atomic E-state index is -1.56. The van der Waals surface area contributed by atoms with Crippen molar-refractivity contribution in [1.82, 2.24) is 0 Å². The lowest BCUT2D eigenvalue weighted by atomic mass is 9.14. The molecule has 0 aromatic heterocycles. The fraction of sp³-hybridized carbons (Fsp3) is 0.409. The van der Waals surface area contributed by atoms with Crippen molar-refractivity contribution in [2.45, 2.75) is 353 Å². The molecule has 0 amide bonds. The summed E-state index contributed by atoms with van der Waals surface area (Å²) in [5.41, 5.74) is 44.1. The summed E-state index contributed by atoms with van der Waals surface area (Å²) in [7, 11) is -3.57. The molecular weight excluding hydrogens is 1920 g/mol. The van der Waals surface area contributed by atoms with E-state index in [2.05, 4.69) is 608 Å². The summed E-state index contributed by atoms with van der Waals surface area (Å²) in [6.07, 6.45) is -9.35. The minimum absolute atomic E-state index is 0.115. The van der Waals surface area contributed by atoms with Crippen LogP contribution < -0.4 is 65.6 Å². The summed E-state index contributed by atoms with van der Waals surface area (Å²) < 4.78 is 18.7. The van der Waals surface area contributed by atoms with Crippen LogP contribution >= 0.6 is 47.5 Å². The van der Waals surface area contributed by atoms with E-state index in [0.29, 0.717) is 0 Å². The molecule has 18 heteroatoms. The molecule has 0 N–H and O–H groups in total. The zero-order valence-corrected chi connectivity index (χ0v) is 105. The third-order valence-electron chi connectivity index (χ3n) is 35.5. The summed E-state index contributed by atoms with van der Waals surface area (Å²) in [5.74, 6) is 0. The van der Waals surface area contributed by atoms with Crippen LogP contribution in [0.3, 0.4) is 0 Å². The first-order chi connectivity index (χ1) is 69.7. The lowest BCUT2D eigenvalue weighted by molar-refractivity contribution is -0.526. The molecule has 6 nitrogen and oxygen atoms in total. The molecule has 0 saturated carbocycles. The second-order valence-electron chi connectivity index (χ2n) is 57.5. The molecule has 0 atom stereocenters. The van der Waals surface area contributed by atoms with Gasteiger partial charge in [0.2, 0.25) is 0 Å². The van der Waals surface area contributed by atoms with E-state index < -0.39 is 86.0 Å². The van der Waals surface area contributed by atoms with Crippen molar-refractivity contribution < 1.29 is 26.4 Å². The number of hydrogen-bond donors (Lipinski definition) is 0. The highest BCUT2D eigenvalue weighted by atomic mass is 31.1. The fourth-order valence-electron chi connectivity index (χ4n) is 36.0. The standard InChI is InChI=1S/3C44H58B2N2P2/c3*1-31(49(41(3,4)5)42(6,7)8)47-45(37-27-19-15-23-33(37)34-24-16-20-28-38(34)45)48(32(2)50(43(9,10)11)44(12,13)14)46(47)39-29-21-17-25-35(39)36-26-18-22-30-40(36)46/h3*15-30H,1-14H3. The van der Waals surface area contributed by atoms with E-state index in [1.165, 1.54) is 132 Å². The Morgan fingerprint density at radius 2 is 0.193 bits per heavy atom. The van der Waals surface area contributed by atoms with Gasteiger partial charge in [0.05, 0.1) is 32.7 Å². The molecule has 6 spiro atoms. The van der Waals surface area contributed by atoms with E-state index >= 15 is 0 Å². The molecular formula is C132H174B6N6P6. The van der Waals surface area contributed by atoms with Crippen molar-refractivity contribution in [3.63, 3.8) is 0 Å². The van der Waals surface area contributed by atoms with Gasteiger partial charge in [-0.05, 0) is 176 Å². The first-order valence-corrected chi connectivity index (χ1v) is 64.4. The van der Waals surface area contributed by atoms with Gasteiger partial charge in [-0.15, -0.1) is 0 Å². The highest BCUT2D eigenvalue weighted by Gasteiger charge is 2.83. The minimum Gasteiger partial charge on any atom is -0.545 e. The number of fused-ring (bicyclic) bond motifs is 30. The first-order valence-electron chi connectivity index (χ1n) is 56.4. The topological polar surface area (TPSA) is 18.1 Å². The predicted molar refractivity (Wildman–Crippen MR) is 686 cm³/mol. The Hall–Kier alpha value is -8.37. The van der Waals surface area contributed by atoms with Crippen molar-refractivity contribution >= 4 is 184 Å². The number of hydrogen-bond acceptors (Lipinski definition) is 0. The third kappa shape index (κ3) is 15.8.